The second-order valence-electron chi connectivity index (χ2n) is 6.98. The van der Waals surface area contributed by atoms with Crippen LogP contribution in [-0.4, -0.2) is 41.1 Å². The van der Waals surface area contributed by atoms with Gasteiger partial charge in [0.05, 0.1) is 23.4 Å². The van der Waals surface area contributed by atoms with Crippen LogP contribution >= 0.6 is 0 Å². The number of rotatable bonds is 4. The average molecular weight is 370 g/mol. The highest BCUT2D eigenvalue weighted by molar-refractivity contribution is 7.91. The molecule has 2 aromatic heterocycles. The SMILES string of the molecule is Cc1cccc(-c2cnc3ccc(NCC4CCS(=O)(=O)CC4)nn23)c1. The fraction of sp³-hybridized carbons (Fsp3) is 0.368. The largest absolute Gasteiger partial charge is 0.368 e. The molecular weight excluding hydrogens is 348 g/mol. The molecule has 7 heteroatoms. The van der Waals surface area contributed by atoms with Crippen molar-refractivity contribution >= 4 is 21.3 Å². The van der Waals surface area contributed by atoms with Gasteiger partial charge in [-0.2, -0.15) is 0 Å². The Bertz CT molecular complexity index is 1030. The van der Waals surface area contributed by atoms with Crippen molar-refractivity contribution in [3.05, 3.63) is 48.2 Å². The monoisotopic (exact) mass is 370 g/mol. The Morgan fingerprint density at radius 3 is 2.77 bits per heavy atom. The second kappa shape index (κ2) is 6.72. The van der Waals surface area contributed by atoms with E-state index in [-0.39, 0.29) is 0 Å². The number of imidazole rings is 1. The van der Waals surface area contributed by atoms with E-state index in [0.29, 0.717) is 17.4 Å². The molecule has 0 aliphatic carbocycles. The summed E-state index contributed by atoms with van der Waals surface area (Å²) in [7, 11) is -2.82. The molecule has 0 bridgehead atoms. The number of fused-ring (bicyclic) bond motifs is 1. The van der Waals surface area contributed by atoms with Crippen molar-refractivity contribution in [2.75, 3.05) is 23.4 Å². The number of hydrogen-bond acceptors (Lipinski definition) is 5. The van der Waals surface area contributed by atoms with Gasteiger partial charge in [0.15, 0.2) is 5.65 Å². The van der Waals surface area contributed by atoms with E-state index in [9.17, 15) is 8.42 Å². The van der Waals surface area contributed by atoms with Crippen molar-refractivity contribution in [1.82, 2.24) is 14.6 Å². The Kier molecular flexibility index (Phi) is 4.40. The minimum Gasteiger partial charge on any atom is -0.368 e. The Labute approximate surface area is 153 Å². The first kappa shape index (κ1) is 17.0. The molecule has 6 nitrogen and oxygen atoms in total. The lowest BCUT2D eigenvalue weighted by Crippen LogP contribution is -2.27. The highest BCUT2D eigenvalue weighted by atomic mass is 32.2. The van der Waals surface area contributed by atoms with Gasteiger partial charge in [0.1, 0.15) is 15.7 Å². The zero-order chi connectivity index (χ0) is 18.1. The van der Waals surface area contributed by atoms with Gasteiger partial charge < -0.3 is 5.32 Å². The van der Waals surface area contributed by atoms with Gasteiger partial charge in [0.25, 0.3) is 0 Å². The number of sulfone groups is 1. The van der Waals surface area contributed by atoms with E-state index in [1.54, 1.807) is 0 Å². The van der Waals surface area contributed by atoms with Crippen LogP contribution in [0.3, 0.4) is 0 Å². The predicted molar refractivity (Wildman–Crippen MR) is 103 cm³/mol. The molecule has 0 spiro atoms. The third-order valence-electron chi connectivity index (χ3n) is 4.92. The van der Waals surface area contributed by atoms with Gasteiger partial charge in [0, 0.05) is 12.1 Å². The summed E-state index contributed by atoms with van der Waals surface area (Å²) in [6, 6.07) is 12.1. The summed E-state index contributed by atoms with van der Waals surface area (Å²) in [6.07, 6.45) is 3.28. The third-order valence-corrected chi connectivity index (χ3v) is 6.64. The number of hydrogen-bond donors (Lipinski definition) is 1. The first-order valence-corrected chi connectivity index (χ1v) is 10.7. The summed E-state index contributed by atoms with van der Waals surface area (Å²) in [4.78, 5) is 4.44. The molecule has 0 radical (unpaired) electrons. The van der Waals surface area contributed by atoms with Crippen molar-refractivity contribution in [2.45, 2.75) is 19.8 Å². The van der Waals surface area contributed by atoms with Crippen molar-refractivity contribution in [3.8, 4) is 11.3 Å². The van der Waals surface area contributed by atoms with Crippen molar-refractivity contribution in [2.24, 2.45) is 5.92 Å². The summed E-state index contributed by atoms with van der Waals surface area (Å²) in [6.45, 7) is 2.81. The minimum atomic E-state index is -2.82. The summed E-state index contributed by atoms with van der Waals surface area (Å²) < 4.78 is 24.9. The number of benzene rings is 1. The maximum Gasteiger partial charge on any atom is 0.154 e. The molecule has 1 aliphatic rings. The van der Waals surface area contributed by atoms with Gasteiger partial charge in [-0.25, -0.2) is 17.9 Å². The second-order valence-corrected chi connectivity index (χ2v) is 9.28. The summed E-state index contributed by atoms with van der Waals surface area (Å²) in [5, 5.41) is 8.04. The lowest BCUT2D eigenvalue weighted by molar-refractivity contribution is 0.484. The number of anilines is 1. The maximum atomic E-state index is 11.5. The van der Waals surface area contributed by atoms with Gasteiger partial charge in [-0.15, -0.1) is 5.10 Å². The van der Waals surface area contributed by atoms with E-state index >= 15 is 0 Å². The van der Waals surface area contributed by atoms with Crippen LogP contribution in [0.4, 0.5) is 5.82 Å². The number of nitrogens with zero attached hydrogens (tertiary/aromatic N) is 3. The highest BCUT2D eigenvalue weighted by Crippen LogP contribution is 2.23. The van der Waals surface area contributed by atoms with Gasteiger partial charge in [-0.05, 0) is 43.9 Å². The lowest BCUT2D eigenvalue weighted by atomic mass is 10.0. The Hall–Kier alpha value is -2.41. The van der Waals surface area contributed by atoms with Crippen LogP contribution in [0.1, 0.15) is 18.4 Å². The zero-order valence-electron chi connectivity index (χ0n) is 14.7. The van der Waals surface area contributed by atoms with E-state index in [4.69, 9.17) is 0 Å². The highest BCUT2D eigenvalue weighted by Gasteiger charge is 2.23. The van der Waals surface area contributed by atoms with E-state index < -0.39 is 9.84 Å². The summed E-state index contributed by atoms with van der Waals surface area (Å²) in [5.74, 6) is 1.74. The fourth-order valence-corrected chi connectivity index (χ4v) is 4.95. The Balaban J connectivity index is 1.53. The number of aryl methyl sites for hydroxylation is 1. The molecule has 1 aliphatic heterocycles. The molecule has 1 saturated heterocycles. The van der Waals surface area contributed by atoms with Crippen LogP contribution in [0.25, 0.3) is 16.9 Å². The minimum absolute atomic E-state index is 0.296. The average Bonchev–Trinajstić information content (AvgIpc) is 3.04. The number of nitrogens with one attached hydrogen (secondary N) is 1. The fourth-order valence-electron chi connectivity index (χ4n) is 3.36. The molecule has 0 saturated carbocycles. The predicted octanol–water partition coefficient (Wildman–Crippen LogP) is 2.94. The molecule has 1 aromatic carbocycles. The van der Waals surface area contributed by atoms with E-state index in [0.717, 1.165) is 42.1 Å². The summed E-state index contributed by atoms with van der Waals surface area (Å²) in [5.41, 5.74) is 4.03. The Morgan fingerprint density at radius 1 is 1.19 bits per heavy atom. The first-order valence-electron chi connectivity index (χ1n) is 8.86. The third kappa shape index (κ3) is 3.58. The summed E-state index contributed by atoms with van der Waals surface area (Å²) >= 11 is 0. The van der Waals surface area contributed by atoms with Gasteiger partial charge in [-0.3, -0.25) is 0 Å². The molecular formula is C19H22N4O2S. The van der Waals surface area contributed by atoms with Gasteiger partial charge in [0.2, 0.25) is 0 Å². The van der Waals surface area contributed by atoms with Gasteiger partial charge >= 0.3 is 0 Å². The normalized spacial score (nSPS) is 17.4. The van der Waals surface area contributed by atoms with Crippen LogP contribution in [-0.2, 0) is 9.84 Å². The van der Waals surface area contributed by atoms with Gasteiger partial charge in [-0.1, -0.05) is 23.8 Å². The standard InChI is InChI=1S/C19H22N4O2S/c1-14-3-2-4-16(11-14)17-13-21-19-6-5-18(22-23(17)19)20-12-15-7-9-26(24,25)10-8-15/h2-6,11,13,15H,7-10,12H2,1H3,(H,20,22). The molecule has 3 heterocycles. The Morgan fingerprint density at radius 2 is 2.00 bits per heavy atom. The topological polar surface area (TPSA) is 76.4 Å². The van der Waals surface area contributed by atoms with Crippen LogP contribution in [0.15, 0.2) is 42.6 Å². The molecule has 136 valence electrons. The maximum absolute atomic E-state index is 11.5. The quantitative estimate of drug-likeness (QED) is 0.764. The van der Waals surface area contributed by atoms with Crippen molar-refractivity contribution in [3.63, 3.8) is 0 Å². The molecule has 4 rings (SSSR count). The van der Waals surface area contributed by atoms with E-state index in [1.807, 2.05) is 28.9 Å². The number of aromatic nitrogens is 3. The van der Waals surface area contributed by atoms with Crippen LogP contribution in [0, 0.1) is 12.8 Å². The molecule has 0 unspecified atom stereocenters. The van der Waals surface area contributed by atoms with Crippen LogP contribution in [0.5, 0.6) is 0 Å². The van der Waals surface area contributed by atoms with E-state index in [2.05, 4.69) is 40.5 Å². The molecule has 1 fully saturated rings. The molecule has 26 heavy (non-hydrogen) atoms. The molecule has 0 amide bonds. The van der Waals surface area contributed by atoms with Crippen molar-refractivity contribution in [1.29, 1.82) is 0 Å². The van der Waals surface area contributed by atoms with Crippen LogP contribution < -0.4 is 5.32 Å². The smallest absolute Gasteiger partial charge is 0.154 e. The first-order chi connectivity index (χ1) is 12.5. The lowest BCUT2D eigenvalue weighted by Gasteiger charge is -2.22. The molecule has 0 atom stereocenters. The molecule has 3 aromatic rings. The van der Waals surface area contributed by atoms with Crippen LogP contribution in [0.2, 0.25) is 0 Å². The van der Waals surface area contributed by atoms with Crippen molar-refractivity contribution < 1.29 is 8.42 Å². The van der Waals surface area contributed by atoms with E-state index in [1.165, 1.54) is 5.56 Å². The zero-order valence-corrected chi connectivity index (χ0v) is 15.5. The molecule has 1 N–H and O–H groups in total.